The molecule has 0 spiro atoms. The molecule has 8 heteroatoms. The number of nitrogens with one attached hydrogen (secondary N) is 1. The van der Waals surface area contributed by atoms with E-state index in [1.54, 1.807) is 19.2 Å². The highest BCUT2D eigenvalue weighted by Crippen LogP contribution is 2.35. The number of rotatable bonds is 8. The van der Waals surface area contributed by atoms with Gasteiger partial charge in [0.05, 0.1) is 25.1 Å². The van der Waals surface area contributed by atoms with E-state index >= 15 is 0 Å². The third kappa shape index (κ3) is 4.11. The molecular formula is C20H27N3O5. The van der Waals surface area contributed by atoms with Crippen LogP contribution in [-0.2, 0) is 11.3 Å². The highest BCUT2D eigenvalue weighted by atomic mass is 16.5. The van der Waals surface area contributed by atoms with Gasteiger partial charge < -0.3 is 19.9 Å². The molecule has 2 aromatic rings. The molecule has 1 aromatic heterocycles. The van der Waals surface area contributed by atoms with Gasteiger partial charge in [0, 0.05) is 25.1 Å². The lowest BCUT2D eigenvalue weighted by Gasteiger charge is -2.18. The average Bonchev–Trinajstić information content (AvgIpc) is 3.23. The van der Waals surface area contributed by atoms with Crippen LogP contribution in [0.3, 0.4) is 0 Å². The fourth-order valence-electron chi connectivity index (χ4n) is 3.72. The van der Waals surface area contributed by atoms with Gasteiger partial charge in [0.2, 0.25) is 5.91 Å². The van der Waals surface area contributed by atoms with Crippen molar-refractivity contribution in [3.63, 3.8) is 0 Å². The van der Waals surface area contributed by atoms with Gasteiger partial charge in [-0.3, -0.25) is 14.2 Å². The first-order valence-electron chi connectivity index (χ1n) is 9.63. The lowest BCUT2D eigenvalue weighted by atomic mass is 10.1. The Hall–Kier alpha value is -2.61. The summed E-state index contributed by atoms with van der Waals surface area (Å²) in [5, 5.41) is 12.0. The Bertz CT molecular complexity index is 903. The number of hydrogen-bond donors (Lipinski definition) is 2. The molecule has 1 amide bonds. The van der Waals surface area contributed by atoms with Gasteiger partial charge in [-0.25, -0.2) is 4.98 Å². The second-order valence-corrected chi connectivity index (χ2v) is 6.99. The summed E-state index contributed by atoms with van der Waals surface area (Å²) in [6, 6.07) is 3.32. The van der Waals surface area contributed by atoms with E-state index in [2.05, 4.69) is 5.32 Å². The summed E-state index contributed by atoms with van der Waals surface area (Å²) in [4.78, 5) is 30.3. The number of fused-ring (bicyclic) bond motifs is 1. The minimum absolute atomic E-state index is 0.00666. The molecule has 0 radical (unpaired) electrons. The number of hydrogen-bond acceptors (Lipinski definition) is 6. The fraction of sp³-hybridized carbons (Fsp3) is 0.550. The van der Waals surface area contributed by atoms with Crippen LogP contribution in [0.4, 0.5) is 0 Å². The van der Waals surface area contributed by atoms with Gasteiger partial charge in [0.25, 0.3) is 5.56 Å². The van der Waals surface area contributed by atoms with Gasteiger partial charge in [0.1, 0.15) is 12.4 Å². The molecular weight excluding hydrogens is 362 g/mol. The highest BCUT2D eigenvalue weighted by Gasteiger charge is 2.25. The van der Waals surface area contributed by atoms with E-state index in [1.165, 1.54) is 11.7 Å². The maximum Gasteiger partial charge on any atom is 0.262 e. The van der Waals surface area contributed by atoms with Crippen molar-refractivity contribution in [2.24, 2.45) is 0 Å². The second kappa shape index (κ2) is 9.05. The molecule has 0 aliphatic heterocycles. The van der Waals surface area contributed by atoms with Gasteiger partial charge in [0.15, 0.2) is 11.5 Å². The van der Waals surface area contributed by atoms with Crippen LogP contribution in [-0.4, -0.2) is 47.9 Å². The molecule has 0 unspecified atom stereocenters. The van der Waals surface area contributed by atoms with Gasteiger partial charge in [-0.1, -0.05) is 12.8 Å². The topological polar surface area (TPSA) is 103 Å². The summed E-state index contributed by atoms with van der Waals surface area (Å²) >= 11 is 0. The second-order valence-electron chi connectivity index (χ2n) is 6.99. The summed E-state index contributed by atoms with van der Waals surface area (Å²) in [7, 11) is 3.05. The number of ether oxygens (including phenoxy) is 2. The number of aromatic nitrogens is 2. The van der Waals surface area contributed by atoms with Gasteiger partial charge >= 0.3 is 0 Å². The van der Waals surface area contributed by atoms with Gasteiger partial charge in [-0.2, -0.15) is 0 Å². The number of nitrogens with zero attached hydrogens (tertiary/aromatic N) is 2. The van der Waals surface area contributed by atoms with Crippen LogP contribution >= 0.6 is 0 Å². The predicted molar refractivity (Wildman–Crippen MR) is 105 cm³/mol. The highest BCUT2D eigenvalue weighted by molar-refractivity contribution is 5.83. The summed E-state index contributed by atoms with van der Waals surface area (Å²) in [6.07, 6.45) is 4.57. The monoisotopic (exact) mass is 389 g/mol. The van der Waals surface area contributed by atoms with Crippen molar-refractivity contribution in [3.05, 3.63) is 28.3 Å². The zero-order chi connectivity index (χ0) is 20.1. The van der Waals surface area contributed by atoms with Crippen molar-refractivity contribution in [1.82, 2.24) is 14.9 Å². The Morgan fingerprint density at radius 2 is 1.93 bits per heavy atom. The molecule has 28 heavy (non-hydrogen) atoms. The fourth-order valence-corrected chi connectivity index (χ4v) is 3.72. The van der Waals surface area contributed by atoms with E-state index in [0.29, 0.717) is 41.2 Å². The molecule has 3 rings (SSSR count). The quantitative estimate of drug-likeness (QED) is 0.665. The minimum atomic E-state index is -0.267. The summed E-state index contributed by atoms with van der Waals surface area (Å²) < 4.78 is 12.1. The zero-order valence-corrected chi connectivity index (χ0v) is 16.4. The molecule has 1 heterocycles. The van der Waals surface area contributed by atoms with Crippen LogP contribution in [0, 0.1) is 0 Å². The van der Waals surface area contributed by atoms with Crippen molar-refractivity contribution >= 4 is 16.8 Å². The van der Waals surface area contributed by atoms with E-state index in [9.17, 15) is 9.59 Å². The molecule has 152 valence electrons. The lowest BCUT2D eigenvalue weighted by molar-refractivity contribution is -0.121. The summed E-state index contributed by atoms with van der Waals surface area (Å²) in [5.74, 6) is 1.51. The maximum atomic E-state index is 13.2. The Balaban J connectivity index is 2.07. The molecule has 1 aromatic carbocycles. The molecule has 0 saturated heterocycles. The van der Waals surface area contributed by atoms with Crippen LogP contribution in [0.1, 0.15) is 43.8 Å². The molecule has 8 nitrogen and oxygen atoms in total. The zero-order valence-electron chi connectivity index (χ0n) is 16.4. The van der Waals surface area contributed by atoms with Crippen LogP contribution in [0.25, 0.3) is 10.9 Å². The van der Waals surface area contributed by atoms with Crippen molar-refractivity contribution in [2.75, 3.05) is 27.4 Å². The molecule has 1 aliphatic carbocycles. The summed E-state index contributed by atoms with van der Waals surface area (Å²) in [6.45, 7) is 0.287. The third-order valence-corrected chi connectivity index (χ3v) is 5.17. The maximum absolute atomic E-state index is 13.2. The van der Waals surface area contributed by atoms with Gasteiger partial charge in [-0.15, -0.1) is 0 Å². The molecule has 2 N–H and O–H groups in total. The average molecular weight is 389 g/mol. The van der Waals surface area contributed by atoms with Crippen molar-refractivity contribution < 1.29 is 19.4 Å². The first-order chi connectivity index (χ1) is 13.6. The van der Waals surface area contributed by atoms with Crippen molar-refractivity contribution in [1.29, 1.82) is 0 Å². The van der Waals surface area contributed by atoms with E-state index in [1.807, 2.05) is 0 Å². The minimum Gasteiger partial charge on any atom is -0.493 e. The number of methoxy groups -OCH3 is 2. The first-order valence-corrected chi connectivity index (χ1v) is 9.63. The third-order valence-electron chi connectivity index (χ3n) is 5.17. The number of carbonyl (C=O) groups is 1. The Morgan fingerprint density at radius 3 is 2.57 bits per heavy atom. The van der Waals surface area contributed by atoms with Crippen LogP contribution in [0.15, 0.2) is 16.9 Å². The van der Waals surface area contributed by atoms with E-state index in [4.69, 9.17) is 19.6 Å². The SMILES string of the molecule is COc1cc2nc(C3CCCC3)n(CC(=O)NCCCO)c(=O)c2cc1OC. The molecule has 1 saturated carbocycles. The Morgan fingerprint density at radius 1 is 1.25 bits per heavy atom. The molecule has 0 atom stereocenters. The lowest BCUT2D eigenvalue weighted by Crippen LogP contribution is -2.35. The first kappa shape index (κ1) is 20.1. The van der Waals surface area contributed by atoms with E-state index < -0.39 is 0 Å². The number of benzene rings is 1. The standard InChI is InChI=1S/C20H27N3O5/c1-27-16-10-14-15(11-17(16)28-2)22-19(13-6-3-4-7-13)23(20(14)26)12-18(25)21-8-5-9-24/h10-11,13,24H,3-9,12H2,1-2H3,(H,21,25). The van der Waals surface area contributed by atoms with Crippen LogP contribution in [0.5, 0.6) is 11.5 Å². The largest absolute Gasteiger partial charge is 0.493 e. The Kier molecular flexibility index (Phi) is 6.51. The smallest absolute Gasteiger partial charge is 0.262 e. The predicted octanol–water partition coefficient (Wildman–Crippen LogP) is 1.57. The molecule has 1 aliphatic rings. The normalized spacial score (nSPS) is 14.4. The molecule has 1 fully saturated rings. The van der Waals surface area contributed by atoms with E-state index in [0.717, 1.165) is 25.7 Å². The number of amides is 1. The van der Waals surface area contributed by atoms with Crippen molar-refractivity contribution in [2.45, 2.75) is 44.6 Å². The summed E-state index contributed by atoms with van der Waals surface area (Å²) in [5.41, 5.74) is 0.284. The number of aliphatic hydroxyl groups excluding tert-OH is 1. The molecule has 0 bridgehead atoms. The number of aliphatic hydroxyl groups is 1. The van der Waals surface area contributed by atoms with Crippen LogP contribution < -0.4 is 20.3 Å². The number of carbonyl (C=O) groups excluding carboxylic acids is 1. The van der Waals surface area contributed by atoms with Crippen molar-refractivity contribution in [3.8, 4) is 11.5 Å². The van der Waals surface area contributed by atoms with Gasteiger partial charge in [-0.05, 0) is 25.3 Å². The Labute approximate surface area is 163 Å². The van der Waals surface area contributed by atoms with E-state index in [-0.39, 0.29) is 30.5 Å². The van der Waals surface area contributed by atoms with Crippen LogP contribution in [0.2, 0.25) is 0 Å².